The Balaban J connectivity index is 0.937. The summed E-state index contributed by atoms with van der Waals surface area (Å²) in [5.74, 6) is 0. The minimum atomic E-state index is -0.213. The number of nitrogens with zero attached hydrogens (tertiary/aromatic N) is 3. The molecule has 13 aromatic carbocycles. The number of para-hydroxylation sites is 1. The average molecular weight is 1140 g/mol. The van der Waals surface area contributed by atoms with Crippen molar-refractivity contribution in [1.29, 1.82) is 0 Å². The van der Waals surface area contributed by atoms with Crippen LogP contribution >= 0.6 is 11.3 Å². The largest absolute Gasteiger partial charge is 0.310 e. The van der Waals surface area contributed by atoms with Crippen molar-refractivity contribution in [3.63, 3.8) is 0 Å². The van der Waals surface area contributed by atoms with Crippen molar-refractivity contribution in [3.05, 3.63) is 320 Å². The fourth-order valence-electron chi connectivity index (χ4n) is 14.8. The number of thiophene rings is 1. The van der Waals surface area contributed by atoms with Crippen molar-refractivity contribution in [2.24, 2.45) is 0 Å². The van der Waals surface area contributed by atoms with Gasteiger partial charge in [-0.15, -0.1) is 11.3 Å². The summed E-state index contributed by atoms with van der Waals surface area (Å²) in [5.41, 5.74) is 27.0. The number of anilines is 6. The van der Waals surface area contributed by atoms with Gasteiger partial charge in [-0.1, -0.05) is 228 Å². The van der Waals surface area contributed by atoms with Crippen molar-refractivity contribution >= 4 is 87.4 Å². The number of fused-ring (bicyclic) bond motifs is 13. The van der Waals surface area contributed by atoms with Crippen LogP contribution in [0.3, 0.4) is 0 Å². The van der Waals surface area contributed by atoms with Crippen LogP contribution in [0.25, 0.3) is 103 Å². The highest BCUT2D eigenvalue weighted by molar-refractivity contribution is 7.26. The molecule has 0 aliphatic heterocycles. The molecule has 0 atom stereocenters. The van der Waals surface area contributed by atoms with Crippen LogP contribution in [-0.2, 0) is 10.8 Å². The highest BCUT2D eigenvalue weighted by Gasteiger charge is 2.38. The van der Waals surface area contributed by atoms with Crippen LogP contribution in [-0.4, -0.2) is 4.57 Å². The number of benzene rings is 13. The quantitative estimate of drug-likeness (QED) is 0.135. The molecule has 0 radical (unpaired) electrons. The molecule has 0 saturated carbocycles. The van der Waals surface area contributed by atoms with Gasteiger partial charge in [0.15, 0.2) is 0 Å². The summed E-state index contributed by atoms with van der Waals surface area (Å²) in [4.78, 5) is 5.00. The van der Waals surface area contributed by atoms with E-state index in [0.717, 1.165) is 56.5 Å². The fraction of sp³-hybridized carbons (Fsp3) is 0.0714. The van der Waals surface area contributed by atoms with Gasteiger partial charge in [0.2, 0.25) is 0 Å². The lowest BCUT2D eigenvalue weighted by Gasteiger charge is -2.32. The van der Waals surface area contributed by atoms with E-state index in [0.29, 0.717) is 0 Å². The van der Waals surface area contributed by atoms with Crippen LogP contribution in [0.15, 0.2) is 297 Å². The van der Waals surface area contributed by atoms with E-state index in [4.69, 9.17) is 0 Å². The third-order valence-electron chi connectivity index (χ3n) is 19.2. The Morgan fingerprint density at radius 2 is 0.727 bits per heavy atom. The minimum Gasteiger partial charge on any atom is -0.310 e. The van der Waals surface area contributed by atoms with Crippen LogP contribution in [0.2, 0.25) is 0 Å². The van der Waals surface area contributed by atoms with Crippen molar-refractivity contribution in [1.82, 2.24) is 4.57 Å². The molecule has 0 fully saturated rings. The maximum Gasteiger partial charge on any atom is 0.0555 e. The Kier molecular flexibility index (Phi) is 11.8. The number of hydrogen-bond donors (Lipinski definition) is 0. The van der Waals surface area contributed by atoms with E-state index in [1.165, 1.54) is 103 Å². The predicted octanol–water partition coefficient (Wildman–Crippen LogP) is 23.7. The number of aromatic nitrogens is 1. The van der Waals surface area contributed by atoms with E-state index < -0.39 is 0 Å². The van der Waals surface area contributed by atoms with Gasteiger partial charge < -0.3 is 14.4 Å². The molecule has 0 saturated heterocycles. The Morgan fingerprint density at radius 3 is 1.28 bits per heavy atom. The summed E-state index contributed by atoms with van der Waals surface area (Å²) < 4.78 is 5.11. The molecule has 0 bridgehead atoms. The molecule has 0 spiro atoms. The van der Waals surface area contributed by atoms with Crippen LogP contribution in [0.4, 0.5) is 34.1 Å². The topological polar surface area (TPSA) is 11.4 Å². The maximum atomic E-state index is 2.50. The van der Waals surface area contributed by atoms with Crippen LogP contribution in [0, 0.1) is 0 Å². The normalized spacial score (nSPS) is 13.4. The van der Waals surface area contributed by atoms with Crippen LogP contribution in [0.1, 0.15) is 49.9 Å². The van der Waals surface area contributed by atoms with E-state index in [1.807, 2.05) is 11.3 Å². The molecule has 418 valence electrons. The molecule has 3 nitrogen and oxygen atoms in total. The molecule has 2 aliphatic carbocycles. The molecule has 15 aromatic rings. The second kappa shape index (κ2) is 20.0. The van der Waals surface area contributed by atoms with Crippen LogP contribution in [0.5, 0.6) is 0 Å². The Bertz CT molecular complexity index is 5030. The first-order valence-corrected chi connectivity index (χ1v) is 31.5. The first-order valence-electron chi connectivity index (χ1n) is 30.6. The summed E-state index contributed by atoms with van der Waals surface area (Å²) in [6, 6.07) is 111. The van der Waals surface area contributed by atoms with Gasteiger partial charge in [-0.05, 0) is 175 Å². The summed E-state index contributed by atoms with van der Waals surface area (Å²) >= 11 is 1.90. The van der Waals surface area contributed by atoms with Crippen molar-refractivity contribution in [3.8, 4) is 61.3 Å². The van der Waals surface area contributed by atoms with E-state index >= 15 is 0 Å². The molecular formula is C84H61N3S. The average Bonchev–Trinajstić information content (AvgIpc) is 1.90. The Morgan fingerprint density at radius 1 is 0.284 bits per heavy atom. The summed E-state index contributed by atoms with van der Waals surface area (Å²) in [7, 11) is 0. The first-order chi connectivity index (χ1) is 43.1. The lowest BCUT2D eigenvalue weighted by molar-refractivity contribution is 0.660. The molecule has 2 aliphatic rings. The molecular weight excluding hydrogens is 1080 g/mol. The second-order valence-electron chi connectivity index (χ2n) is 24.9. The molecule has 0 unspecified atom stereocenters. The van der Waals surface area contributed by atoms with Gasteiger partial charge in [-0.2, -0.15) is 0 Å². The van der Waals surface area contributed by atoms with Gasteiger partial charge in [0.25, 0.3) is 0 Å². The van der Waals surface area contributed by atoms with Crippen molar-refractivity contribution < 1.29 is 0 Å². The third kappa shape index (κ3) is 8.16. The lowest BCUT2D eigenvalue weighted by Crippen LogP contribution is -2.17. The lowest BCUT2D eigenvalue weighted by atomic mass is 9.82. The number of rotatable bonds is 10. The smallest absolute Gasteiger partial charge is 0.0555 e. The number of hydrogen-bond acceptors (Lipinski definition) is 3. The zero-order valence-electron chi connectivity index (χ0n) is 49.5. The van der Waals surface area contributed by atoms with E-state index in [2.05, 4.69) is 339 Å². The highest BCUT2D eigenvalue weighted by Crippen LogP contribution is 2.54. The SMILES string of the molecule is CC1(C)c2ccccc2-c2ccc(N(c3ccc(-c4ccccc4)cc3)c3cc(-c4ccc5c6c7sc8ccccc8c7ccc6n(-c6ccccc6)c5c4)cc(N(c4ccc(-c5ccccc5)cc4)c4ccc5c(c4)C(C)(C)c4ccccc4-5)c3)cc21. The second-order valence-corrected chi connectivity index (χ2v) is 25.9. The van der Waals surface area contributed by atoms with Gasteiger partial charge in [-0.3, -0.25) is 0 Å². The first kappa shape index (κ1) is 51.9. The molecule has 4 heteroatoms. The van der Waals surface area contributed by atoms with Gasteiger partial charge >= 0.3 is 0 Å². The maximum absolute atomic E-state index is 2.50. The van der Waals surface area contributed by atoms with Gasteiger partial charge in [0.1, 0.15) is 0 Å². The van der Waals surface area contributed by atoms with Gasteiger partial charge in [-0.25, -0.2) is 0 Å². The Labute approximate surface area is 517 Å². The zero-order chi connectivity index (χ0) is 58.8. The van der Waals surface area contributed by atoms with Gasteiger partial charge in [0.05, 0.1) is 11.0 Å². The molecule has 0 amide bonds. The standard InChI is InChI=1S/C84H61N3S/c1-83(2)74-29-17-14-26-67(74)69-44-41-63(52-76(69)83)85(61-37-32-56(33-38-61)54-20-8-5-9-21-54)65-48-59(58-36-43-73-79(50-58)87(60-24-12-7-13-25-60)78-47-46-72-71-28-16-19-31-80(71)88-82(72)81(73)78)49-66(51-65)86(62-39-34-57(35-40-62)55-22-10-6-11-23-55)64-42-45-70-68-27-15-18-30-75(68)84(3,4)77(70)53-64/h5-53H,1-4H3. The molecule has 0 N–H and O–H groups in total. The summed E-state index contributed by atoms with van der Waals surface area (Å²) in [6.07, 6.45) is 0. The molecule has 2 heterocycles. The van der Waals surface area contributed by atoms with Gasteiger partial charge in [0, 0.05) is 81.6 Å². The van der Waals surface area contributed by atoms with Crippen molar-refractivity contribution in [2.45, 2.75) is 38.5 Å². The van der Waals surface area contributed by atoms with Crippen LogP contribution < -0.4 is 9.80 Å². The summed E-state index contributed by atoms with van der Waals surface area (Å²) in [5, 5.41) is 5.13. The minimum absolute atomic E-state index is 0.213. The fourth-order valence-corrected chi connectivity index (χ4v) is 16.0. The highest BCUT2D eigenvalue weighted by atomic mass is 32.1. The van der Waals surface area contributed by atoms with Crippen molar-refractivity contribution in [2.75, 3.05) is 9.80 Å². The summed E-state index contributed by atoms with van der Waals surface area (Å²) in [6.45, 7) is 9.53. The Hall–Kier alpha value is -10.5. The molecule has 17 rings (SSSR count). The molecule has 88 heavy (non-hydrogen) atoms. The molecule has 2 aromatic heterocycles. The zero-order valence-corrected chi connectivity index (χ0v) is 50.4. The predicted molar refractivity (Wildman–Crippen MR) is 374 cm³/mol. The van der Waals surface area contributed by atoms with E-state index in [9.17, 15) is 0 Å². The third-order valence-corrected chi connectivity index (χ3v) is 20.4. The monoisotopic (exact) mass is 1140 g/mol. The van der Waals surface area contributed by atoms with E-state index in [-0.39, 0.29) is 10.8 Å². The van der Waals surface area contributed by atoms with E-state index in [1.54, 1.807) is 0 Å².